The Hall–Kier alpha value is -2.10. The number of H-pyrrole nitrogens is 1. The van der Waals surface area contributed by atoms with Crippen LogP contribution in [0.5, 0.6) is 0 Å². The van der Waals surface area contributed by atoms with Crippen molar-refractivity contribution in [2.24, 2.45) is 0 Å². The molecular formula is C10H7NO3. The Morgan fingerprint density at radius 3 is 2.86 bits per heavy atom. The number of aromatic nitrogens is 1. The van der Waals surface area contributed by atoms with E-state index in [-0.39, 0.29) is 5.56 Å². The van der Waals surface area contributed by atoms with Crippen molar-refractivity contribution in [1.29, 1.82) is 0 Å². The maximum absolute atomic E-state index is 10.9. The monoisotopic (exact) mass is 189 g/mol. The zero-order valence-electron chi connectivity index (χ0n) is 7.15. The summed E-state index contributed by atoms with van der Waals surface area (Å²) in [7, 11) is 0. The van der Waals surface area contributed by atoms with Crippen molar-refractivity contribution in [3.05, 3.63) is 35.5 Å². The molecule has 0 saturated carbocycles. The second-order valence-electron chi connectivity index (χ2n) is 2.90. The maximum Gasteiger partial charge on any atom is 0.336 e. The van der Waals surface area contributed by atoms with E-state index < -0.39 is 5.97 Å². The quantitative estimate of drug-likeness (QED) is 0.706. The van der Waals surface area contributed by atoms with Gasteiger partial charge >= 0.3 is 5.97 Å². The predicted molar refractivity (Wildman–Crippen MR) is 50.6 cm³/mol. The number of nitrogens with one attached hydrogen (secondary N) is 1. The lowest BCUT2D eigenvalue weighted by Crippen LogP contribution is -1.97. The van der Waals surface area contributed by atoms with Gasteiger partial charge in [0.2, 0.25) is 0 Å². The van der Waals surface area contributed by atoms with Gasteiger partial charge in [-0.25, -0.2) is 4.79 Å². The van der Waals surface area contributed by atoms with Crippen LogP contribution in [0.25, 0.3) is 10.9 Å². The Kier molecular flexibility index (Phi) is 1.81. The molecule has 1 heterocycles. The number of fused-ring (bicyclic) bond motifs is 1. The normalized spacial score (nSPS) is 10.3. The van der Waals surface area contributed by atoms with Crippen molar-refractivity contribution in [3.63, 3.8) is 0 Å². The maximum atomic E-state index is 10.9. The molecule has 1 aromatic carbocycles. The van der Waals surface area contributed by atoms with Crippen molar-refractivity contribution in [2.75, 3.05) is 0 Å². The van der Waals surface area contributed by atoms with E-state index in [1.807, 2.05) is 0 Å². The second-order valence-corrected chi connectivity index (χ2v) is 2.90. The van der Waals surface area contributed by atoms with E-state index in [0.29, 0.717) is 22.8 Å². The minimum atomic E-state index is -1.03. The fourth-order valence-electron chi connectivity index (χ4n) is 1.48. The predicted octanol–water partition coefficient (Wildman–Crippen LogP) is 1.68. The highest BCUT2D eigenvalue weighted by Crippen LogP contribution is 2.21. The zero-order valence-corrected chi connectivity index (χ0v) is 7.15. The van der Waals surface area contributed by atoms with Gasteiger partial charge in [0.05, 0.1) is 5.56 Å². The molecule has 0 spiro atoms. The van der Waals surface area contributed by atoms with Crippen LogP contribution in [-0.2, 0) is 0 Å². The lowest BCUT2D eigenvalue weighted by atomic mass is 10.1. The highest BCUT2D eigenvalue weighted by molar-refractivity contribution is 6.09. The van der Waals surface area contributed by atoms with Gasteiger partial charge in [-0.15, -0.1) is 0 Å². The summed E-state index contributed by atoms with van der Waals surface area (Å²) in [5.74, 6) is -1.03. The fraction of sp³-hybridized carbons (Fsp3) is 0. The molecule has 4 nitrogen and oxygen atoms in total. The van der Waals surface area contributed by atoms with Crippen LogP contribution in [0.3, 0.4) is 0 Å². The van der Waals surface area contributed by atoms with Crippen LogP contribution in [0.1, 0.15) is 20.7 Å². The number of hydrogen-bond donors (Lipinski definition) is 2. The van der Waals surface area contributed by atoms with Crippen molar-refractivity contribution < 1.29 is 14.7 Å². The van der Waals surface area contributed by atoms with E-state index in [9.17, 15) is 9.59 Å². The third kappa shape index (κ3) is 1.08. The largest absolute Gasteiger partial charge is 0.478 e. The summed E-state index contributed by atoms with van der Waals surface area (Å²) in [6.07, 6.45) is 2.15. The highest BCUT2D eigenvalue weighted by Gasteiger charge is 2.12. The lowest BCUT2D eigenvalue weighted by Gasteiger charge is -1.97. The molecule has 0 aliphatic heterocycles. The number of aromatic amines is 1. The van der Waals surface area contributed by atoms with Gasteiger partial charge < -0.3 is 10.1 Å². The van der Waals surface area contributed by atoms with Gasteiger partial charge in [-0.2, -0.15) is 0 Å². The first kappa shape index (κ1) is 8.50. The van der Waals surface area contributed by atoms with Crippen molar-refractivity contribution in [3.8, 4) is 0 Å². The van der Waals surface area contributed by atoms with E-state index in [2.05, 4.69) is 4.98 Å². The Bertz CT molecular complexity index is 513. The summed E-state index contributed by atoms with van der Waals surface area (Å²) < 4.78 is 0. The summed E-state index contributed by atoms with van der Waals surface area (Å²) in [6.45, 7) is 0. The number of carboxylic acids is 1. The van der Waals surface area contributed by atoms with Gasteiger partial charge in [0, 0.05) is 22.7 Å². The average molecular weight is 189 g/mol. The van der Waals surface area contributed by atoms with E-state index in [1.54, 1.807) is 12.1 Å². The Labute approximate surface area is 79.2 Å². The van der Waals surface area contributed by atoms with Crippen LogP contribution in [0, 0.1) is 0 Å². The lowest BCUT2D eigenvalue weighted by molar-refractivity contribution is 0.0699. The van der Waals surface area contributed by atoms with E-state index in [1.165, 1.54) is 12.3 Å². The number of rotatable bonds is 2. The number of aldehydes is 1. The van der Waals surface area contributed by atoms with Crippen LogP contribution in [0.15, 0.2) is 24.4 Å². The number of carbonyl (C=O) groups is 2. The van der Waals surface area contributed by atoms with Crippen molar-refractivity contribution in [2.45, 2.75) is 0 Å². The van der Waals surface area contributed by atoms with Gasteiger partial charge in [-0.05, 0) is 12.1 Å². The summed E-state index contributed by atoms with van der Waals surface area (Å²) in [5.41, 5.74) is 1.18. The van der Waals surface area contributed by atoms with Gasteiger partial charge in [-0.1, -0.05) is 6.07 Å². The summed E-state index contributed by atoms with van der Waals surface area (Å²) in [6, 6.07) is 4.84. The van der Waals surface area contributed by atoms with Crippen molar-refractivity contribution >= 4 is 23.2 Å². The van der Waals surface area contributed by atoms with Crippen LogP contribution < -0.4 is 0 Å². The Balaban J connectivity index is 2.88. The molecule has 4 heteroatoms. The molecule has 0 radical (unpaired) electrons. The van der Waals surface area contributed by atoms with Crippen LogP contribution >= 0.6 is 0 Å². The van der Waals surface area contributed by atoms with E-state index >= 15 is 0 Å². The summed E-state index contributed by atoms with van der Waals surface area (Å²) in [4.78, 5) is 24.3. The zero-order chi connectivity index (χ0) is 10.1. The number of hydrogen-bond acceptors (Lipinski definition) is 2. The summed E-state index contributed by atoms with van der Waals surface area (Å²) >= 11 is 0. The Morgan fingerprint density at radius 2 is 2.21 bits per heavy atom. The minimum absolute atomic E-state index is 0.144. The van der Waals surface area contributed by atoms with Gasteiger partial charge in [0.25, 0.3) is 0 Å². The molecule has 0 unspecified atom stereocenters. The molecule has 0 bridgehead atoms. The molecule has 0 aliphatic rings. The molecular weight excluding hydrogens is 182 g/mol. The van der Waals surface area contributed by atoms with Crippen molar-refractivity contribution in [1.82, 2.24) is 4.98 Å². The van der Waals surface area contributed by atoms with Gasteiger partial charge in [0.1, 0.15) is 0 Å². The molecule has 0 aliphatic carbocycles. The molecule has 2 N–H and O–H groups in total. The average Bonchev–Trinajstić information content (AvgIpc) is 2.59. The SMILES string of the molecule is O=Cc1c[nH]c2cccc(C(=O)O)c12. The highest BCUT2D eigenvalue weighted by atomic mass is 16.4. The number of aromatic carboxylic acids is 1. The molecule has 0 saturated heterocycles. The summed E-state index contributed by atoms with van der Waals surface area (Å²) in [5, 5.41) is 9.36. The van der Waals surface area contributed by atoms with Gasteiger partial charge in [-0.3, -0.25) is 4.79 Å². The second kappa shape index (κ2) is 2.99. The minimum Gasteiger partial charge on any atom is -0.478 e. The molecule has 2 rings (SSSR count). The topological polar surface area (TPSA) is 70.2 Å². The van der Waals surface area contributed by atoms with Gasteiger partial charge in [0.15, 0.2) is 6.29 Å². The molecule has 70 valence electrons. The first-order valence-corrected chi connectivity index (χ1v) is 4.02. The van der Waals surface area contributed by atoms with Crippen LogP contribution in [0.2, 0.25) is 0 Å². The standard InChI is InChI=1S/C10H7NO3/c12-5-6-4-11-8-3-1-2-7(9(6)8)10(13)14/h1-5,11H,(H,13,14). The van der Waals surface area contributed by atoms with E-state index in [4.69, 9.17) is 5.11 Å². The molecule has 2 aromatic rings. The Morgan fingerprint density at radius 1 is 1.43 bits per heavy atom. The van der Waals surface area contributed by atoms with E-state index in [0.717, 1.165) is 0 Å². The van der Waals surface area contributed by atoms with Crippen LogP contribution in [0.4, 0.5) is 0 Å². The third-order valence-electron chi connectivity index (χ3n) is 2.09. The molecule has 0 atom stereocenters. The number of carbonyl (C=O) groups excluding carboxylic acids is 1. The van der Waals surface area contributed by atoms with Crippen LogP contribution in [-0.4, -0.2) is 22.3 Å². The fourth-order valence-corrected chi connectivity index (χ4v) is 1.48. The first-order chi connectivity index (χ1) is 6.74. The molecule has 1 aromatic heterocycles. The molecule has 14 heavy (non-hydrogen) atoms. The smallest absolute Gasteiger partial charge is 0.336 e. The number of carboxylic acid groups (broad SMARTS) is 1. The number of benzene rings is 1. The molecule has 0 amide bonds. The molecule has 0 fully saturated rings. The third-order valence-corrected chi connectivity index (χ3v) is 2.09. The first-order valence-electron chi connectivity index (χ1n) is 4.02.